The fourth-order valence-electron chi connectivity index (χ4n) is 4.39. The van der Waals surface area contributed by atoms with Gasteiger partial charge in [-0.25, -0.2) is 0 Å². The first-order chi connectivity index (χ1) is 15.2. The summed E-state index contributed by atoms with van der Waals surface area (Å²) in [6, 6.07) is 40.8. The van der Waals surface area contributed by atoms with Gasteiger partial charge >= 0.3 is 0 Å². The first-order valence-electron chi connectivity index (χ1n) is 10.5. The smallest absolute Gasteiger partial charge is 0.171 e. The standard InChI is InChI=1S/C29H23OP/c1-22-26-19-11-12-20-27(26)28(23-13-5-2-6-14-23)21-29(22)31(30,24-15-7-3-8-16-24)25-17-9-4-10-18-25/h2-21H,1H3. The summed E-state index contributed by atoms with van der Waals surface area (Å²) < 4.78 is 15.1. The van der Waals surface area contributed by atoms with Crippen LogP contribution in [0.1, 0.15) is 5.56 Å². The molecule has 0 aromatic heterocycles. The SMILES string of the molecule is Cc1c(P(=O)(c2ccccc2)c2ccccc2)cc(-c2ccccc2)c2ccccc12. The maximum absolute atomic E-state index is 15.1. The molecular formula is C29H23OP. The summed E-state index contributed by atoms with van der Waals surface area (Å²) in [5.41, 5.74) is 3.32. The molecule has 0 atom stereocenters. The Kier molecular flexibility index (Phi) is 5.06. The summed E-state index contributed by atoms with van der Waals surface area (Å²) in [7, 11) is -3.07. The highest BCUT2D eigenvalue weighted by atomic mass is 31.2. The normalized spacial score (nSPS) is 11.5. The molecule has 2 heteroatoms. The summed E-state index contributed by atoms with van der Waals surface area (Å²) in [5, 5.41) is 4.95. The van der Waals surface area contributed by atoms with Gasteiger partial charge in [0.05, 0.1) is 0 Å². The predicted octanol–water partition coefficient (Wildman–Crippen LogP) is 6.45. The topological polar surface area (TPSA) is 17.1 Å². The minimum absolute atomic E-state index is 0.860. The van der Waals surface area contributed by atoms with Crippen molar-refractivity contribution in [1.82, 2.24) is 0 Å². The van der Waals surface area contributed by atoms with Crippen molar-refractivity contribution in [3.63, 3.8) is 0 Å². The Morgan fingerprint density at radius 2 is 1.00 bits per heavy atom. The molecule has 1 nitrogen and oxygen atoms in total. The van der Waals surface area contributed by atoms with Crippen molar-refractivity contribution in [2.24, 2.45) is 0 Å². The van der Waals surface area contributed by atoms with Crippen LogP contribution in [0.5, 0.6) is 0 Å². The lowest BCUT2D eigenvalue weighted by molar-refractivity contribution is 0.592. The first kappa shape index (κ1) is 19.5. The third-order valence-electron chi connectivity index (χ3n) is 5.95. The molecule has 0 saturated heterocycles. The second-order valence-corrected chi connectivity index (χ2v) is 10.5. The van der Waals surface area contributed by atoms with E-state index >= 15 is 4.57 Å². The third-order valence-corrected chi connectivity index (χ3v) is 9.14. The molecule has 0 aliphatic rings. The van der Waals surface area contributed by atoms with Crippen molar-refractivity contribution in [2.45, 2.75) is 6.92 Å². The van der Waals surface area contributed by atoms with E-state index in [-0.39, 0.29) is 0 Å². The van der Waals surface area contributed by atoms with Crippen LogP contribution in [-0.4, -0.2) is 0 Å². The van der Waals surface area contributed by atoms with Crippen LogP contribution in [0.2, 0.25) is 0 Å². The van der Waals surface area contributed by atoms with Gasteiger partial charge < -0.3 is 4.57 Å². The van der Waals surface area contributed by atoms with Crippen molar-refractivity contribution < 1.29 is 4.57 Å². The molecule has 0 spiro atoms. The van der Waals surface area contributed by atoms with Crippen LogP contribution in [0, 0.1) is 6.92 Å². The van der Waals surface area contributed by atoms with E-state index in [1.165, 1.54) is 5.39 Å². The van der Waals surface area contributed by atoms with Gasteiger partial charge in [-0.2, -0.15) is 0 Å². The summed E-state index contributed by atoms with van der Waals surface area (Å²) in [6.45, 7) is 2.10. The van der Waals surface area contributed by atoms with E-state index in [9.17, 15) is 0 Å². The lowest BCUT2D eigenvalue weighted by Gasteiger charge is -2.24. The van der Waals surface area contributed by atoms with Crippen LogP contribution < -0.4 is 15.9 Å². The Morgan fingerprint density at radius 1 is 0.548 bits per heavy atom. The molecule has 5 rings (SSSR count). The molecule has 0 saturated carbocycles. The van der Waals surface area contributed by atoms with Crippen molar-refractivity contribution in [1.29, 1.82) is 0 Å². The van der Waals surface area contributed by atoms with Crippen LogP contribution in [0.25, 0.3) is 21.9 Å². The van der Waals surface area contributed by atoms with Crippen LogP contribution in [0.3, 0.4) is 0 Å². The van der Waals surface area contributed by atoms with E-state index in [4.69, 9.17) is 0 Å². The highest BCUT2D eigenvalue weighted by molar-refractivity contribution is 7.85. The van der Waals surface area contributed by atoms with Gasteiger partial charge in [0.1, 0.15) is 0 Å². The van der Waals surface area contributed by atoms with E-state index in [2.05, 4.69) is 61.5 Å². The van der Waals surface area contributed by atoms with Crippen LogP contribution in [0.4, 0.5) is 0 Å². The molecule has 31 heavy (non-hydrogen) atoms. The van der Waals surface area contributed by atoms with E-state index in [1.54, 1.807) is 0 Å². The van der Waals surface area contributed by atoms with Crippen molar-refractivity contribution >= 4 is 33.8 Å². The maximum atomic E-state index is 15.1. The number of hydrogen-bond acceptors (Lipinski definition) is 1. The summed E-state index contributed by atoms with van der Waals surface area (Å²) in [4.78, 5) is 0. The van der Waals surface area contributed by atoms with Gasteiger partial charge in [-0.3, -0.25) is 0 Å². The minimum atomic E-state index is -3.07. The van der Waals surface area contributed by atoms with Crippen LogP contribution in [-0.2, 0) is 4.57 Å². The molecule has 0 aliphatic heterocycles. The highest BCUT2D eigenvalue weighted by Crippen LogP contribution is 2.46. The predicted molar refractivity (Wildman–Crippen MR) is 134 cm³/mol. The Labute approximate surface area is 183 Å². The zero-order valence-corrected chi connectivity index (χ0v) is 18.3. The van der Waals surface area contributed by atoms with E-state index < -0.39 is 7.14 Å². The van der Waals surface area contributed by atoms with Gasteiger partial charge in [-0.15, -0.1) is 0 Å². The van der Waals surface area contributed by atoms with Crippen LogP contribution in [0.15, 0.2) is 121 Å². The Hall–Kier alpha value is -3.41. The Bertz CT molecular complexity index is 1350. The molecule has 0 aliphatic carbocycles. The average Bonchev–Trinajstić information content (AvgIpc) is 2.85. The van der Waals surface area contributed by atoms with E-state index in [1.807, 2.05) is 66.7 Å². The molecule has 5 aromatic rings. The highest BCUT2D eigenvalue weighted by Gasteiger charge is 2.32. The number of fused-ring (bicyclic) bond motifs is 1. The van der Waals surface area contributed by atoms with Crippen molar-refractivity contribution in [2.75, 3.05) is 0 Å². The molecule has 0 bridgehead atoms. The van der Waals surface area contributed by atoms with Gasteiger partial charge in [0.25, 0.3) is 0 Å². The quantitative estimate of drug-likeness (QED) is 0.306. The lowest BCUT2D eigenvalue weighted by atomic mass is 9.95. The van der Waals surface area contributed by atoms with Crippen molar-refractivity contribution in [3.05, 3.63) is 127 Å². The molecule has 0 amide bonds. The lowest BCUT2D eigenvalue weighted by Crippen LogP contribution is -2.27. The second-order valence-electron chi connectivity index (χ2n) is 7.76. The fraction of sp³-hybridized carbons (Fsp3) is 0.0345. The van der Waals surface area contributed by atoms with E-state index in [0.29, 0.717) is 0 Å². The fourth-order valence-corrected chi connectivity index (χ4v) is 7.33. The number of benzene rings is 5. The van der Waals surface area contributed by atoms with Gasteiger partial charge in [0.2, 0.25) is 0 Å². The van der Waals surface area contributed by atoms with Gasteiger partial charge in [-0.05, 0) is 40.5 Å². The number of hydrogen-bond donors (Lipinski definition) is 0. The molecular weight excluding hydrogens is 395 g/mol. The zero-order chi connectivity index (χ0) is 21.3. The third kappa shape index (κ3) is 3.32. The van der Waals surface area contributed by atoms with Crippen LogP contribution >= 0.6 is 7.14 Å². The summed E-state index contributed by atoms with van der Waals surface area (Å²) in [5.74, 6) is 0. The van der Waals surface area contributed by atoms with Gasteiger partial charge in [-0.1, -0.05) is 115 Å². The molecule has 0 radical (unpaired) electrons. The molecule has 0 unspecified atom stereocenters. The average molecular weight is 418 g/mol. The molecule has 150 valence electrons. The number of aryl methyl sites for hydroxylation is 1. The molecule has 5 aromatic carbocycles. The number of rotatable bonds is 4. The van der Waals surface area contributed by atoms with Gasteiger partial charge in [0, 0.05) is 15.9 Å². The second kappa shape index (κ2) is 8.02. The molecule has 0 heterocycles. The maximum Gasteiger partial charge on any atom is 0.171 e. The molecule has 0 fully saturated rings. The monoisotopic (exact) mass is 418 g/mol. The minimum Gasteiger partial charge on any atom is -0.309 e. The molecule has 0 N–H and O–H groups in total. The largest absolute Gasteiger partial charge is 0.309 e. The first-order valence-corrected chi connectivity index (χ1v) is 12.2. The zero-order valence-electron chi connectivity index (χ0n) is 17.4. The summed E-state index contributed by atoms with van der Waals surface area (Å²) >= 11 is 0. The Balaban J connectivity index is 1.91. The Morgan fingerprint density at radius 3 is 1.55 bits per heavy atom. The van der Waals surface area contributed by atoms with Gasteiger partial charge in [0.15, 0.2) is 7.14 Å². The van der Waals surface area contributed by atoms with E-state index in [0.717, 1.165) is 38.0 Å². The summed E-state index contributed by atoms with van der Waals surface area (Å²) in [6.07, 6.45) is 0. The van der Waals surface area contributed by atoms with Crippen molar-refractivity contribution in [3.8, 4) is 11.1 Å².